The van der Waals surface area contributed by atoms with Crippen LogP contribution in [0.4, 0.5) is 5.69 Å². The van der Waals surface area contributed by atoms with E-state index in [0.29, 0.717) is 12.1 Å². The molecule has 0 radical (unpaired) electrons. The van der Waals surface area contributed by atoms with E-state index in [1.54, 1.807) is 36.3 Å². The van der Waals surface area contributed by atoms with Crippen LogP contribution in [0.5, 0.6) is 5.75 Å². The second kappa shape index (κ2) is 8.95. The summed E-state index contributed by atoms with van der Waals surface area (Å²) in [6.07, 6.45) is 1.44. The molecule has 1 N–H and O–H groups in total. The average molecular weight is 423 g/mol. The smallest absolute Gasteiger partial charge is 0.232 e. The molecule has 0 aliphatic heterocycles. The number of para-hydroxylation sites is 1. The number of sulfonamides is 1. The van der Waals surface area contributed by atoms with Crippen molar-refractivity contribution in [2.24, 2.45) is 0 Å². The average Bonchev–Trinajstić information content (AvgIpc) is 3.05. The summed E-state index contributed by atoms with van der Waals surface area (Å²) in [5.74, 6) is 1.80. The van der Waals surface area contributed by atoms with Crippen molar-refractivity contribution in [1.82, 2.24) is 4.98 Å². The number of nitrogens with zero attached hydrogens (tertiary/aromatic N) is 1. The van der Waals surface area contributed by atoms with Crippen molar-refractivity contribution in [2.45, 2.75) is 24.1 Å². The Morgan fingerprint density at radius 2 is 2.00 bits per heavy atom. The number of anilines is 1. The summed E-state index contributed by atoms with van der Waals surface area (Å²) in [6, 6.07) is 13.2. The van der Waals surface area contributed by atoms with Gasteiger partial charge in [-0.05, 0) is 49.6 Å². The van der Waals surface area contributed by atoms with E-state index in [1.165, 1.54) is 0 Å². The zero-order chi connectivity index (χ0) is 19.3. The molecule has 5 nitrogen and oxygen atoms in total. The van der Waals surface area contributed by atoms with E-state index in [4.69, 9.17) is 4.74 Å². The summed E-state index contributed by atoms with van der Waals surface area (Å²) in [6.45, 7) is 1.89. The highest BCUT2D eigenvalue weighted by atomic mass is 32.2. The molecule has 0 unspecified atom stereocenters. The van der Waals surface area contributed by atoms with Gasteiger partial charge in [-0.1, -0.05) is 30.0 Å². The van der Waals surface area contributed by atoms with Crippen molar-refractivity contribution < 1.29 is 13.2 Å². The number of nitrogens with one attached hydrogen (secondary N) is 1. The second-order valence-corrected chi connectivity index (χ2v) is 10.3. The molecule has 0 aliphatic rings. The number of unbranched alkanes of at least 4 members (excludes halogenated alkanes) is 1. The van der Waals surface area contributed by atoms with Crippen LogP contribution in [0.3, 0.4) is 0 Å². The third-order valence-corrected chi connectivity index (χ3v) is 7.62. The summed E-state index contributed by atoms with van der Waals surface area (Å²) < 4.78 is 34.4. The molecule has 0 aliphatic carbocycles. The monoisotopic (exact) mass is 422 g/mol. The number of fused-ring (bicyclic) bond motifs is 1. The van der Waals surface area contributed by atoms with Gasteiger partial charge in [0.25, 0.3) is 0 Å². The summed E-state index contributed by atoms with van der Waals surface area (Å²) in [4.78, 5) is 4.60. The molecular formula is C19H22N2O3S3. The molecule has 2 aromatic carbocycles. The fraction of sp³-hybridized carbons (Fsp3) is 0.316. The van der Waals surface area contributed by atoms with E-state index in [2.05, 4.69) is 9.71 Å². The van der Waals surface area contributed by atoms with Crippen molar-refractivity contribution in [3.8, 4) is 5.75 Å². The van der Waals surface area contributed by atoms with Crippen LogP contribution in [0.25, 0.3) is 10.2 Å². The number of aromatic nitrogens is 1. The van der Waals surface area contributed by atoms with Crippen LogP contribution in [0.15, 0.2) is 46.8 Å². The lowest BCUT2D eigenvalue weighted by atomic mass is 10.2. The number of thiazole rings is 1. The Balaban J connectivity index is 1.45. The van der Waals surface area contributed by atoms with E-state index >= 15 is 0 Å². The van der Waals surface area contributed by atoms with E-state index in [9.17, 15) is 8.42 Å². The molecule has 1 heterocycles. The lowest BCUT2D eigenvalue weighted by Crippen LogP contribution is -2.17. The van der Waals surface area contributed by atoms with Gasteiger partial charge < -0.3 is 4.74 Å². The maximum absolute atomic E-state index is 12.2. The zero-order valence-corrected chi connectivity index (χ0v) is 17.7. The first-order chi connectivity index (χ1) is 13.0. The second-order valence-electron chi connectivity index (χ2n) is 6.10. The third kappa shape index (κ3) is 5.60. The van der Waals surface area contributed by atoms with Gasteiger partial charge in [0.2, 0.25) is 10.0 Å². The van der Waals surface area contributed by atoms with Crippen LogP contribution in [0, 0.1) is 6.92 Å². The van der Waals surface area contributed by atoms with Crippen LogP contribution in [-0.4, -0.2) is 32.0 Å². The van der Waals surface area contributed by atoms with Gasteiger partial charge >= 0.3 is 0 Å². The molecule has 0 amide bonds. The SMILES string of the molecule is COc1ccc2nc(SCCCCS(=O)(=O)Nc3ccccc3C)sc2c1. The topological polar surface area (TPSA) is 68.3 Å². The minimum absolute atomic E-state index is 0.124. The molecule has 0 bridgehead atoms. The number of hydrogen-bond donors (Lipinski definition) is 1. The molecule has 0 spiro atoms. The Morgan fingerprint density at radius 1 is 1.19 bits per heavy atom. The van der Waals surface area contributed by atoms with Gasteiger partial charge in [-0.3, -0.25) is 4.72 Å². The minimum atomic E-state index is -3.32. The van der Waals surface area contributed by atoms with Crippen molar-refractivity contribution in [3.05, 3.63) is 48.0 Å². The largest absolute Gasteiger partial charge is 0.497 e. The third-order valence-electron chi connectivity index (χ3n) is 4.02. The number of ether oxygens (including phenoxy) is 1. The summed E-state index contributed by atoms with van der Waals surface area (Å²) in [5.41, 5.74) is 2.54. The van der Waals surface area contributed by atoms with Crippen molar-refractivity contribution >= 4 is 49.0 Å². The molecule has 1 aromatic heterocycles. The molecule has 3 rings (SSSR count). The first-order valence-electron chi connectivity index (χ1n) is 8.60. The van der Waals surface area contributed by atoms with Crippen LogP contribution < -0.4 is 9.46 Å². The summed E-state index contributed by atoms with van der Waals surface area (Å²) in [7, 11) is -1.66. The summed E-state index contributed by atoms with van der Waals surface area (Å²) >= 11 is 3.30. The molecule has 0 saturated carbocycles. The molecule has 0 saturated heterocycles. The minimum Gasteiger partial charge on any atom is -0.497 e. The molecule has 3 aromatic rings. The van der Waals surface area contributed by atoms with E-state index in [0.717, 1.165) is 38.0 Å². The van der Waals surface area contributed by atoms with Crippen molar-refractivity contribution in [2.75, 3.05) is 23.3 Å². The molecule has 8 heteroatoms. The molecule has 0 fully saturated rings. The first-order valence-corrected chi connectivity index (χ1v) is 12.1. The van der Waals surface area contributed by atoms with Gasteiger partial charge in [-0.25, -0.2) is 13.4 Å². The Labute approximate surface area is 168 Å². The number of hydrogen-bond acceptors (Lipinski definition) is 6. The van der Waals surface area contributed by atoms with Gasteiger partial charge in [-0.15, -0.1) is 11.3 Å². The van der Waals surface area contributed by atoms with E-state index < -0.39 is 10.0 Å². The van der Waals surface area contributed by atoms with Gasteiger partial charge in [0.05, 0.1) is 28.8 Å². The fourth-order valence-electron chi connectivity index (χ4n) is 2.53. The lowest BCUT2D eigenvalue weighted by Gasteiger charge is -2.10. The maximum atomic E-state index is 12.2. The van der Waals surface area contributed by atoms with Crippen molar-refractivity contribution in [1.29, 1.82) is 0 Å². The van der Waals surface area contributed by atoms with Crippen molar-refractivity contribution in [3.63, 3.8) is 0 Å². The number of rotatable bonds is 9. The van der Waals surface area contributed by atoms with E-state index in [-0.39, 0.29) is 5.75 Å². The van der Waals surface area contributed by atoms with Gasteiger partial charge in [0, 0.05) is 5.75 Å². The Hall–Kier alpha value is -1.77. The maximum Gasteiger partial charge on any atom is 0.232 e. The fourth-order valence-corrected chi connectivity index (χ4v) is 5.95. The standard InChI is InChI=1S/C19H22N2O3S3/c1-14-7-3-4-8-16(14)21-27(22,23)12-6-5-11-25-19-20-17-10-9-15(24-2)13-18(17)26-19/h3-4,7-10,13,21H,5-6,11-12H2,1-2H3. The van der Waals surface area contributed by atoms with Gasteiger partial charge in [0.15, 0.2) is 4.34 Å². The predicted octanol–water partition coefficient (Wildman–Crippen LogP) is 4.93. The number of benzene rings is 2. The van der Waals surface area contributed by atoms with Crippen LogP contribution in [0.1, 0.15) is 18.4 Å². The Morgan fingerprint density at radius 3 is 2.78 bits per heavy atom. The highest BCUT2D eigenvalue weighted by Crippen LogP contribution is 2.32. The molecule has 144 valence electrons. The predicted molar refractivity (Wildman–Crippen MR) is 115 cm³/mol. The van der Waals surface area contributed by atoms with Crippen LogP contribution >= 0.6 is 23.1 Å². The quantitative estimate of drug-likeness (QED) is 0.391. The Kier molecular flexibility index (Phi) is 6.62. The lowest BCUT2D eigenvalue weighted by molar-refractivity contribution is 0.415. The van der Waals surface area contributed by atoms with E-state index in [1.807, 2.05) is 43.3 Å². The van der Waals surface area contributed by atoms with Gasteiger partial charge in [0.1, 0.15) is 5.75 Å². The highest BCUT2D eigenvalue weighted by molar-refractivity contribution is 8.01. The Bertz CT molecular complexity index is 1020. The number of methoxy groups -OCH3 is 1. The van der Waals surface area contributed by atoms with Crippen LogP contribution in [0.2, 0.25) is 0 Å². The molecule has 27 heavy (non-hydrogen) atoms. The zero-order valence-electron chi connectivity index (χ0n) is 15.3. The number of aryl methyl sites for hydroxylation is 1. The summed E-state index contributed by atoms with van der Waals surface area (Å²) in [5, 5.41) is 0. The highest BCUT2D eigenvalue weighted by Gasteiger charge is 2.11. The molecule has 0 atom stereocenters. The van der Waals surface area contributed by atoms with Gasteiger partial charge in [-0.2, -0.15) is 0 Å². The van der Waals surface area contributed by atoms with Crippen LogP contribution in [-0.2, 0) is 10.0 Å². The normalized spacial score (nSPS) is 11.6. The number of thioether (sulfide) groups is 1. The molecular weight excluding hydrogens is 400 g/mol. The first kappa shape index (κ1) is 20.0.